The average molecular weight is 463 g/mol. The Morgan fingerprint density at radius 3 is 2.09 bits per heavy atom. The van der Waals surface area contributed by atoms with Gasteiger partial charge in [-0.15, -0.1) is 0 Å². The van der Waals surface area contributed by atoms with Crippen molar-refractivity contribution in [2.24, 2.45) is 0 Å². The van der Waals surface area contributed by atoms with Gasteiger partial charge in [-0.05, 0) is 45.2 Å². The average Bonchev–Trinajstić information content (AvgIpc) is 3.13. The van der Waals surface area contributed by atoms with Crippen LogP contribution in [0.5, 0.6) is 0 Å². The first kappa shape index (κ1) is 22.3. The molecule has 1 aromatic heterocycles. The number of anilines is 2. The lowest BCUT2D eigenvalue weighted by atomic mass is 10.1. The summed E-state index contributed by atoms with van der Waals surface area (Å²) in [4.78, 5) is 55.5. The van der Waals surface area contributed by atoms with E-state index in [1.54, 1.807) is 36.1 Å². The van der Waals surface area contributed by atoms with Crippen molar-refractivity contribution in [1.82, 2.24) is 19.8 Å². The number of amides is 3. The lowest BCUT2D eigenvalue weighted by Crippen LogP contribution is -2.55. The van der Waals surface area contributed by atoms with E-state index in [2.05, 4.69) is 14.8 Å². The molecule has 1 atom stereocenters. The molecular formula is C25H30N6O3. The topological polar surface area (TPSA) is 89.9 Å². The first-order chi connectivity index (χ1) is 16.4. The minimum Gasteiger partial charge on any atom is -0.353 e. The lowest BCUT2D eigenvalue weighted by molar-refractivity contribution is -0.135. The number of aryl methyl sites for hydroxylation is 1. The zero-order valence-corrected chi connectivity index (χ0v) is 19.7. The van der Waals surface area contributed by atoms with Crippen LogP contribution in [0.25, 0.3) is 0 Å². The summed E-state index contributed by atoms with van der Waals surface area (Å²) < 4.78 is 0. The minimum atomic E-state index is -0.842. The van der Waals surface area contributed by atoms with Crippen LogP contribution in [-0.2, 0) is 4.79 Å². The SMILES string of the molecule is Cc1cc(N2CCN(C(=O)C(C)N3C(=O)c4ccccc4C3=O)CC2)nc(N2CCCCC2)n1. The van der Waals surface area contributed by atoms with E-state index in [4.69, 9.17) is 4.98 Å². The van der Waals surface area contributed by atoms with Gasteiger partial charge in [0.25, 0.3) is 11.8 Å². The Kier molecular flexibility index (Phi) is 5.93. The maximum absolute atomic E-state index is 13.2. The molecule has 2 aromatic rings. The Labute approximate surface area is 199 Å². The fourth-order valence-electron chi connectivity index (χ4n) is 5.02. The second kappa shape index (κ2) is 9.04. The van der Waals surface area contributed by atoms with Crippen LogP contribution >= 0.6 is 0 Å². The number of carbonyl (C=O) groups excluding carboxylic acids is 3. The van der Waals surface area contributed by atoms with E-state index in [-0.39, 0.29) is 5.91 Å². The molecule has 3 aliphatic heterocycles. The summed E-state index contributed by atoms with van der Waals surface area (Å²) in [6, 6.07) is 7.87. The summed E-state index contributed by atoms with van der Waals surface area (Å²) >= 11 is 0. The highest BCUT2D eigenvalue weighted by molar-refractivity contribution is 6.22. The number of rotatable bonds is 4. The predicted octanol–water partition coefficient (Wildman–Crippen LogP) is 2.11. The molecule has 3 amide bonds. The maximum atomic E-state index is 13.2. The minimum absolute atomic E-state index is 0.206. The molecule has 4 heterocycles. The maximum Gasteiger partial charge on any atom is 0.262 e. The molecule has 1 aromatic carbocycles. The highest BCUT2D eigenvalue weighted by atomic mass is 16.2. The summed E-state index contributed by atoms with van der Waals surface area (Å²) in [5, 5.41) is 0. The fourth-order valence-corrected chi connectivity index (χ4v) is 5.02. The number of piperidine rings is 1. The molecule has 2 saturated heterocycles. The molecule has 0 radical (unpaired) electrons. The number of nitrogens with zero attached hydrogens (tertiary/aromatic N) is 6. The van der Waals surface area contributed by atoms with Crippen LogP contribution in [0, 0.1) is 6.92 Å². The van der Waals surface area contributed by atoms with Gasteiger partial charge in [-0.3, -0.25) is 19.3 Å². The molecule has 0 bridgehead atoms. The highest BCUT2D eigenvalue weighted by Gasteiger charge is 2.42. The van der Waals surface area contributed by atoms with Gasteiger partial charge in [0.05, 0.1) is 11.1 Å². The third-order valence-electron chi connectivity index (χ3n) is 6.95. The van der Waals surface area contributed by atoms with Gasteiger partial charge in [0.15, 0.2) is 0 Å². The molecule has 0 aliphatic carbocycles. The number of hydrogen-bond acceptors (Lipinski definition) is 7. The number of aromatic nitrogens is 2. The Hall–Kier alpha value is -3.49. The van der Waals surface area contributed by atoms with Crippen molar-refractivity contribution in [1.29, 1.82) is 0 Å². The molecule has 5 rings (SSSR count). The number of imide groups is 1. The number of hydrogen-bond donors (Lipinski definition) is 0. The molecule has 34 heavy (non-hydrogen) atoms. The molecule has 9 nitrogen and oxygen atoms in total. The van der Waals surface area contributed by atoms with Crippen molar-refractivity contribution < 1.29 is 14.4 Å². The Bertz CT molecular complexity index is 1090. The standard InChI is InChI=1S/C25H30N6O3/c1-17-16-21(27-25(26-17)30-10-6-3-7-11-30)28-12-14-29(15-13-28)22(32)18(2)31-23(33)19-8-4-5-9-20(19)24(31)34/h4-5,8-9,16,18H,3,6-7,10-15H2,1-2H3. The molecule has 1 unspecified atom stereocenters. The van der Waals surface area contributed by atoms with E-state index < -0.39 is 17.9 Å². The third kappa shape index (κ3) is 3.99. The number of piperazine rings is 1. The van der Waals surface area contributed by atoms with Crippen LogP contribution in [0.3, 0.4) is 0 Å². The first-order valence-electron chi connectivity index (χ1n) is 12.1. The van der Waals surface area contributed by atoms with E-state index in [0.717, 1.165) is 35.4 Å². The predicted molar refractivity (Wildman–Crippen MR) is 128 cm³/mol. The van der Waals surface area contributed by atoms with Crippen LogP contribution in [0.1, 0.15) is 52.6 Å². The van der Waals surface area contributed by atoms with Crippen LogP contribution in [0.4, 0.5) is 11.8 Å². The zero-order valence-electron chi connectivity index (χ0n) is 19.7. The van der Waals surface area contributed by atoms with Gasteiger partial charge >= 0.3 is 0 Å². The third-order valence-corrected chi connectivity index (χ3v) is 6.95. The highest BCUT2D eigenvalue weighted by Crippen LogP contribution is 2.26. The summed E-state index contributed by atoms with van der Waals surface area (Å²) in [5.74, 6) is 0.659. The van der Waals surface area contributed by atoms with Gasteiger partial charge in [-0.1, -0.05) is 12.1 Å². The van der Waals surface area contributed by atoms with Crippen LogP contribution in [0.15, 0.2) is 30.3 Å². The van der Waals surface area contributed by atoms with Gasteiger partial charge < -0.3 is 14.7 Å². The van der Waals surface area contributed by atoms with E-state index in [9.17, 15) is 14.4 Å². The Balaban J connectivity index is 1.24. The quantitative estimate of drug-likeness (QED) is 0.643. The van der Waals surface area contributed by atoms with E-state index in [0.29, 0.717) is 37.3 Å². The molecule has 3 aliphatic rings. The monoisotopic (exact) mass is 462 g/mol. The molecule has 0 N–H and O–H groups in total. The van der Waals surface area contributed by atoms with Crippen molar-refractivity contribution in [2.45, 2.75) is 39.2 Å². The van der Waals surface area contributed by atoms with Crippen molar-refractivity contribution in [3.8, 4) is 0 Å². The number of benzene rings is 1. The summed E-state index contributed by atoms with van der Waals surface area (Å²) in [6.45, 7) is 7.88. The van der Waals surface area contributed by atoms with E-state index in [1.165, 1.54) is 19.3 Å². The van der Waals surface area contributed by atoms with E-state index in [1.807, 2.05) is 13.0 Å². The molecule has 178 valence electrons. The molecular weight excluding hydrogens is 432 g/mol. The smallest absolute Gasteiger partial charge is 0.262 e. The van der Waals surface area contributed by atoms with Gasteiger partial charge in [0.1, 0.15) is 11.9 Å². The van der Waals surface area contributed by atoms with Crippen molar-refractivity contribution >= 4 is 29.5 Å². The van der Waals surface area contributed by atoms with Crippen molar-refractivity contribution in [2.75, 3.05) is 49.1 Å². The number of carbonyl (C=O) groups is 3. The molecule has 0 saturated carbocycles. The first-order valence-corrected chi connectivity index (χ1v) is 12.1. The lowest BCUT2D eigenvalue weighted by Gasteiger charge is -2.38. The summed E-state index contributed by atoms with van der Waals surface area (Å²) in [7, 11) is 0. The largest absolute Gasteiger partial charge is 0.353 e. The summed E-state index contributed by atoms with van der Waals surface area (Å²) in [6.07, 6.45) is 3.59. The normalized spacial score (nSPS) is 19.5. The Morgan fingerprint density at radius 2 is 1.47 bits per heavy atom. The Morgan fingerprint density at radius 1 is 0.853 bits per heavy atom. The summed E-state index contributed by atoms with van der Waals surface area (Å²) in [5.41, 5.74) is 1.66. The van der Waals surface area contributed by atoms with Crippen LogP contribution in [-0.4, -0.2) is 82.8 Å². The van der Waals surface area contributed by atoms with Gasteiger partial charge in [0, 0.05) is 51.0 Å². The second-order valence-electron chi connectivity index (χ2n) is 9.23. The molecule has 0 spiro atoms. The van der Waals surface area contributed by atoms with Gasteiger partial charge in [0.2, 0.25) is 11.9 Å². The van der Waals surface area contributed by atoms with Crippen LogP contribution in [0.2, 0.25) is 0 Å². The van der Waals surface area contributed by atoms with Gasteiger partial charge in [-0.25, -0.2) is 4.98 Å². The fraction of sp³-hybridized carbons (Fsp3) is 0.480. The van der Waals surface area contributed by atoms with Crippen molar-refractivity contribution in [3.63, 3.8) is 0 Å². The second-order valence-corrected chi connectivity index (χ2v) is 9.23. The molecule has 2 fully saturated rings. The number of fused-ring (bicyclic) bond motifs is 1. The molecule has 9 heteroatoms. The van der Waals surface area contributed by atoms with E-state index >= 15 is 0 Å². The van der Waals surface area contributed by atoms with Crippen molar-refractivity contribution in [3.05, 3.63) is 47.2 Å². The van der Waals surface area contributed by atoms with Gasteiger partial charge in [-0.2, -0.15) is 4.98 Å². The zero-order chi connectivity index (χ0) is 23.8. The van der Waals surface area contributed by atoms with Crippen LogP contribution < -0.4 is 9.80 Å².